The van der Waals surface area contributed by atoms with Crippen molar-refractivity contribution in [1.82, 2.24) is 0 Å². The van der Waals surface area contributed by atoms with Crippen molar-refractivity contribution < 1.29 is 60.0 Å². The van der Waals surface area contributed by atoms with Crippen molar-refractivity contribution in [2.75, 3.05) is 17.3 Å². The van der Waals surface area contributed by atoms with E-state index < -0.39 is 53.5 Å². The summed E-state index contributed by atoms with van der Waals surface area (Å²) in [5.74, 6) is -15.4. The molecule has 240 valence electrons. The second kappa shape index (κ2) is 12.0. The van der Waals surface area contributed by atoms with Crippen molar-refractivity contribution in [1.29, 1.82) is 0 Å². The van der Waals surface area contributed by atoms with Gasteiger partial charge in [-0.15, -0.1) is 0 Å². The first-order valence-corrected chi connectivity index (χ1v) is 17.8. The molecule has 0 bridgehead atoms. The highest BCUT2D eigenvalue weighted by molar-refractivity contribution is 8.33. The summed E-state index contributed by atoms with van der Waals surface area (Å²) in [6, 6.07) is 7.82. The second-order valence-electron chi connectivity index (χ2n) is 10.0. The van der Waals surface area contributed by atoms with E-state index in [2.05, 4.69) is 3.63 Å². The van der Waals surface area contributed by atoms with E-state index >= 15 is 0 Å². The number of hydrogen-bond acceptors (Lipinski definition) is 5. The molecule has 1 aliphatic rings. The number of rotatable bonds is 13. The Morgan fingerprint density at radius 3 is 1.86 bits per heavy atom. The molecule has 0 radical (unpaired) electrons. The molecule has 1 heterocycles. The monoisotopic (exact) mass is 676 g/mol. The molecular weight excluding hydrogens is 647 g/mol. The predicted octanol–water partition coefficient (Wildman–Crippen LogP) is 8.23. The van der Waals surface area contributed by atoms with Gasteiger partial charge in [-0.25, -0.2) is 12.0 Å². The van der Waals surface area contributed by atoms with Gasteiger partial charge in [-0.05, 0) is 54.3 Å². The molecule has 0 amide bonds. The maximum absolute atomic E-state index is 14.4. The molecule has 2 aromatic rings. The summed E-state index contributed by atoms with van der Waals surface area (Å²) in [6.45, 7) is 2.02. The van der Waals surface area contributed by atoms with E-state index in [-0.39, 0.29) is 39.9 Å². The Labute approximate surface area is 239 Å². The molecular formula is C25H29F9O5S3. The van der Waals surface area contributed by atoms with Gasteiger partial charge in [0.2, 0.25) is 0 Å². The quantitative estimate of drug-likeness (QED) is 0.158. The molecule has 1 aliphatic heterocycles. The van der Waals surface area contributed by atoms with Crippen molar-refractivity contribution in [2.45, 2.75) is 84.9 Å². The molecule has 5 nitrogen and oxygen atoms in total. The highest BCUT2D eigenvalue weighted by Gasteiger charge is 2.86. The molecule has 2 aromatic carbocycles. The van der Waals surface area contributed by atoms with Crippen LogP contribution in [0.2, 0.25) is 0 Å². The summed E-state index contributed by atoms with van der Waals surface area (Å²) in [6.07, 6.45) is -2.81. The fraction of sp³-hybridized carbons (Fsp3) is 0.600. The zero-order valence-electron chi connectivity index (χ0n) is 22.2. The van der Waals surface area contributed by atoms with Crippen LogP contribution in [0.25, 0.3) is 10.8 Å². The lowest BCUT2D eigenvalue weighted by Crippen LogP contribution is -2.63. The Bertz CT molecular complexity index is 1480. The van der Waals surface area contributed by atoms with Crippen molar-refractivity contribution in [3.63, 3.8) is 0 Å². The summed E-state index contributed by atoms with van der Waals surface area (Å²) >= 11 is 0. The third-order valence-electron chi connectivity index (χ3n) is 6.94. The minimum atomic E-state index is -7.39. The number of alkyl halides is 9. The molecule has 42 heavy (non-hydrogen) atoms. The smallest absolute Gasteiger partial charge is 0.224 e. The van der Waals surface area contributed by atoms with Crippen LogP contribution < -0.4 is 0 Å². The van der Waals surface area contributed by atoms with Crippen LogP contribution in [-0.4, -0.2) is 57.4 Å². The molecule has 0 saturated carbocycles. The number of fused-ring (bicyclic) bond motifs is 1. The van der Waals surface area contributed by atoms with Gasteiger partial charge in [-0.3, -0.25) is 0 Å². The maximum atomic E-state index is 14.4. The van der Waals surface area contributed by atoms with Crippen LogP contribution in [0.5, 0.6) is 0 Å². The van der Waals surface area contributed by atoms with Gasteiger partial charge in [0.1, 0.15) is 0 Å². The normalized spacial score (nSPS) is 18.0. The largest absolute Gasteiger partial charge is 0.460 e. The molecule has 0 atom stereocenters. The fourth-order valence-electron chi connectivity index (χ4n) is 4.49. The van der Waals surface area contributed by atoms with E-state index in [1.54, 1.807) is 0 Å². The van der Waals surface area contributed by atoms with Gasteiger partial charge in [0, 0.05) is 16.4 Å². The van der Waals surface area contributed by atoms with Gasteiger partial charge < -0.3 is 0 Å². The van der Waals surface area contributed by atoms with Gasteiger partial charge >= 0.3 is 33.4 Å². The Hall–Kier alpha value is -1.72. The number of unbranched alkanes of at least 4 members (excludes halogenated alkanes) is 4. The SMILES string of the molecule is CCCCCCCS(=O)(=O)c1ccc2cc(S3(OS(=O)(=O)C(F)(F)C(F)(F)C(F)(F)C(F)(F)F)CCCC3)ccc2c1. The highest BCUT2D eigenvalue weighted by atomic mass is 32.3. The van der Waals surface area contributed by atoms with E-state index in [1.807, 2.05) is 6.92 Å². The lowest BCUT2D eigenvalue weighted by Gasteiger charge is -2.38. The van der Waals surface area contributed by atoms with Crippen molar-refractivity contribution in [3.8, 4) is 0 Å². The van der Waals surface area contributed by atoms with E-state index in [9.17, 15) is 56.3 Å². The van der Waals surface area contributed by atoms with Crippen molar-refractivity contribution in [3.05, 3.63) is 36.4 Å². The van der Waals surface area contributed by atoms with E-state index in [0.717, 1.165) is 25.7 Å². The van der Waals surface area contributed by atoms with E-state index in [4.69, 9.17) is 0 Å². The zero-order valence-corrected chi connectivity index (χ0v) is 24.7. The third kappa shape index (κ3) is 6.39. The van der Waals surface area contributed by atoms with Crippen molar-refractivity contribution in [2.24, 2.45) is 0 Å². The lowest BCUT2D eigenvalue weighted by atomic mass is 10.1. The molecule has 0 spiro atoms. The van der Waals surface area contributed by atoms with Crippen LogP contribution in [0.3, 0.4) is 0 Å². The van der Waals surface area contributed by atoms with Gasteiger partial charge in [0.25, 0.3) is 0 Å². The van der Waals surface area contributed by atoms with E-state index in [1.165, 1.54) is 36.4 Å². The highest BCUT2D eigenvalue weighted by Crippen LogP contribution is 2.65. The van der Waals surface area contributed by atoms with Gasteiger partial charge in [-0.2, -0.15) is 47.9 Å². The summed E-state index contributed by atoms with van der Waals surface area (Å²) < 4.78 is 176. The summed E-state index contributed by atoms with van der Waals surface area (Å²) in [4.78, 5) is -0.0585. The minimum absolute atomic E-state index is 0.00691. The Kier molecular flexibility index (Phi) is 9.93. The molecule has 3 rings (SSSR count). The van der Waals surface area contributed by atoms with Crippen LogP contribution >= 0.6 is 10.3 Å². The third-order valence-corrected chi connectivity index (χ3v) is 14.4. The van der Waals surface area contributed by atoms with E-state index in [0.29, 0.717) is 17.2 Å². The van der Waals surface area contributed by atoms with Crippen molar-refractivity contribution >= 4 is 41.0 Å². The fourth-order valence-corrected chi connectivity index (χ4v) is 11.6. The molecule has 17 heteroatoms. The van der Waals surface area contributed by atoms with Crippen LogP contribution in [-0.2, 0) is 23.6 Å². The number of halogens is 9. The van der Waals surface area contributed by atoms with Crippen LogP contribution in [0, 0.1) is 0 Å². The lowest BCUT2D eigenvalue weighted by molar-refractivity contribution is -0.382. The number of hydrogen-bond donors (Lipinski definition) is 0. The van der Waals surface area contributed by atoms with Gasteiger partial charge in [-0.1, -0.05) is 55.0 Å². The average Bonchev–Trinajstić information content (AvgIpc) is 3.35. The summed E-state index contributed by atoms with van der Waals surface area (Å²) in [5, 5.41) is -6.30. The molecule has 0 aliphatic carbocycles. The predicted molar refractivity (Wildman–Crippen MR) is 140 cm³/mol. The standard InChI is InChI=1S/C25H29F9O5S3/c1-2-3-4-5-6-15-41(35,36)21-12-10-18-16-20(11-9-19(18)17-21)40(13-7-8-14-40)39-42(37,38)25(33,34)23(28,29)22(26,27)24(30,31)32/h9-12,16-17H,2-8,13-15H2,1H3. The first-order chi connectivity index (χ1) is 19.2. The average molecular weight is 677 g/mol. The summed E-state index contributed by atoms with van der Waals surface area (Å²) in [5.41, 5.74) is 0. The number of sulfone groups is 1. The first kappa shape index (κ1) is 34.8. The molecule has 0 N–H and O–H groups in total. The number of benzene rings is 2. The topological polar surface area (TPSA) is 77.5 Å². The first-order valence-electron chi connectivity index (χ1n) is 12.9. The van der Waals surface area contributed by atoms with Crippen LogP contribution in [0.15, 0.2) is 46.2 Å². The molecule has 0 unspecified atom stereocenters. The maximum Gasteiger partial charge on any atom is 0.460 e. The molecule has 1 saturated heterocycles. The Morgan fingerprint density at radius 1 is 0.738 bits per heavy atom. The zero-order chi connectivity index (χ0) is 31.8. The molecule has 0 aromatic heterocycles. The second-order valence-corrected chi connectivity index (χ2v) is 17.0. The molecule has 1 fully saturated rings. The van der Waals surface area contributed by atoms with Gasteiger partial charge in [0.15, 0.2) is 9.84 Å². The Morgan fingerprint density at radius 2 is 1.29 bits per heavy atom. The van der Waals surface area contributed by atoms with Crippen LogP contribution in [0.1, 0.15) is 51.9 Å². The Balaban J connectivity index is 1.94. The summed E-state index contributed by atoms with van der Waals surface area (Å²) in [7, 11) is -14.1. The van der Waals surface area contributed by atoms with Crippen LogP contribution in [0.4, 0.5) is 39.5 Å². The minimum Gasteiger partial charge on any atom is -0.224 e. The van der Waals surface area contributed by atoms with Gasteiger partial charge in [0.05, 0.1) is 10.6 Å².